The number of hydrogen-bond donors (Lipinski definition) is 0. The predicted molar refractivity (Wildman–Crippen MR) is 143 cm³/mol. The molecule has 0 aliphatic carbocycles. The van der Waals surface area contributed by atoms with Crippen LogP contribution in [0.15, 0.2) is 88.1 Å². The minimum absolute atomic E-state index is 0.271. The molecule has 0 unspecified atom stereocenters. The number of methoxy groups -OCH3 is 2. The number of ether oxygens (including phenoxy) is 3. The standard InChI is InChI=1S/C27H27N3O5S2/c1-33-23-9-5-21(6-10-23)28-27-30(22-7-11-24(34-2)12-8-22)26(19-36-27)20-3-13-25(14-4-20)37(31,32)29-15-17-35-18-16-29/h3-14,19H,15-18H2,1-2H3. The van der Waals surface area contributed by atoms with Crippen molar-refractivity contribution < 1.29 is 22.6 Å². The van der Waals surface area contributed by atoms with Crippen molar-refractivity contribution >= 4 is 27.0 Å². The van der Waals surface area contributed by atoms with Crippen molar-refractivity contribution in [1.82, 2.24) is 8.87 Å². The Bertz CT molecular complexity index is 1520. The van der Waals surface area contributed by atoms with Gasteiger partial charge in [0.1, 0.15) is 11.5 Å². The summed E-state index contributed by atoms with van der Waals surface area (Å²) < 4.78 is 45.6. The fraction of sp³-hybridized carbons (Fsp3) is 0.222. The van der Waals surface area contributed by atoms with Gasteiger partial charge >= 0.3 is 0 Å². The summed E-state index contributed by atoms with van der Waals surface area (Å²) in [5, 5.41) is 2.03. The van der Waals surface area contributed by atoms with Crippen LogP contribution in [0.5, 0.6) is 11.5 Å². The molecular formula is C27H27N3O5S2. The first-order chi connectivity index (χ1) is 18.0. The van der Waals surface area contributed by atoms with E-state index >= 15 is 0 Å². The highest BCUT2D eigenvalue weighted by molar-refractivity contribution is 7.89. The van der Waals surface area contributed by atoms with E-state index in [-0.39, 0.29) is 4.90 Å². The van der Waals surface area contributed by atoms with E-state index in [1.54, 1.807) is 26.4 Å². The average Bonchev–Trinajstić information content (AvgIpc) is 3.37. The van der Waals surface area contributed by atoms with E-state index < -0.39 is 10.0 Å². The summed E-state index contributed by atoms with van der Waals surface area (Å²) in [5.74, 6) is 1.52. The Hall–Kier alpha value is -3.44. The Morgan fingerprint density at radius 1 is 0.838 bits per heavy atom. The van der Waals surface area contributed by atoms with Crippen molar-refractivity contribution in [3.63, 3.8) is 0 Å². The van der Waals surface area contributed by atoms with E-state index in [1.165, 1.54) is 15.6 Å². The van der Waals surface area contributed by atoms with Gasteiger partial charge in [-0.25, -0.2) is 13.4 Å². The molecule has 2 heterocycles. The number of sulfonamides is 1. The van der Waals surface area contributed by atoms with Crippen molar-refractivity contribution in [2.24, 2.45) is 4.99 Å². The molecule has 10 heteroatoms. The molecule has 1 saturated heterocycles. The van der Waals surface area contributed by atoms with Gasteiger partial charge in [0.05, 0.1) is 43.7 Å². The molecule has 0 saturated carbocycles. The largest absolute Gasteiger partial charge is 0.497 e. The van der Waals surface area contributed by atoms with Gasteiger partial charge in [-0.1, -0.05) is 12.1 Å². The van der Waals surface area contributed by atoms with Gasteiger partial charge in [-0.2, -0.15) is 4.31 Å². The van der Waals surface area contributed by atoms with Crippen molar-refractivity contribution in [3.05, 3.63) is 83.0 Å². The van der Waals surface area contributed by atoms with Gasteiger partial charge in [-0.15, -0.1) is 11.3 Å². The minimum atomic E-state index is -3.57. The molecule has 0 spiro atoms. The first-order valence-corrected chi connectivity index (χ1v) is 14.0. The Morgan fingerprint density at radius 3 is 2.03 bits per heavy atom. The van der Waals surface area contributed by atoms with E-state index in [9.17, 15) is 8.42 Å². The van der Waals surface area contributed by atoms with Gasteiger partial charge in [-0.3, -0.25) is 4.57 Å². The Morgan fingerprint density at radius 2 is 1.43 bits per heavy atom. The normalized spacial score (nSPS) is 15.0. The molecule has 5 rings (SSSR count). The maximum Gasteiger partial charge on any atom is 0.243 e. The molecule has 1 aliphatic heterocycles. The van der Waals surface area contributed by atoms with Crippen LogP contribution in [0.2, 0.25) is 0 Å². The lowest BCUT2D eigenvalue weighted by molar-refractivity contribution is 0.0730. The van der Waals surface area contributed by atoms with Crippen LogP contribution in [0.1, 0.15) is 0 Å². The molecule has 0 amide bonds. The molecule has 4 aromatic rings. The van der Waals surface area contributed by atoms with Crippen molar-refractivity contribution in [1.29, 1.82) is 0 Å². The van der Waals surface area contributed by atoms with Gasteiger partial charge in [0.15, 0.2) is 4.80 Å². The Balaban J connectivity index is 1.56. The molecule has 1 aliphatic rings. The van der Waals surface area contributed by atoms with Crippen LogP contribution in [0, 0.1) is 0 Å². The zero-order valence-corrected chi connectivity index (χ0v) is 22.2. The molecule has 0 N–H and O–H groups in total. The first-order valence-electron chi connectivity index (χ1n) is 11.7. The lowest BCUT2D eigenvalue weighted by atomic mass is 10.1. The molecule has 192 valence electrons. The molecule has 1 fully saturated rings. The number of nitrogens with zero attached hydrogens (tertiary/aromatic N) is 3. The fourth-order valence-electron chi connectivity index (χ4n) is 4.07. The van der Waals surface area contributed by atoms with Gasteiger partial charge in [0.25, 0.3) is 0 Å². The van der Waals surface area contributed by atoms with Crippen LogP contribution in [0.3, 0.4) is 0 Å². The summed E-state index contributed by atoms with van der Waals surface area (Å²) in [6.45, 7) is 1.55. The summed E-state index contributed by atoms with van der Waals surface area (Å²) in [5.41, 5.74) is 3.49. The predicted octanol–water partition coefficient (Wildman–Crippen LogP) is 4.48. The molecule has 37 heavy (non-hydrogen) atoms. The summed E-state index contributed by atoms with van der Waals surface area (Å²) in [6.07, 6.45) is 0. The van der Waals surface area contributed by atoms with Crippen molar-refractivity contribution in [2.75, 3.05) is 40.5 Å². The summed E-state index contributed by atoms with van der Waals surface area (Å²) >= 11 is 1.51. The second-order valence-electron chi connectivity index (χ2n) is 8.29. The lowest BCUT2D eigenvalue weighted by Gasteiger charge is -2.26. The number of hydrogen-bond acceptors (Lipinski definition) is 7. The van der Waals surface area contributed by atoms with Gasteiger partial charge in [0, 0.05) is 24.2 Å². The molecule has 0 radical (unpaired) electrons. The summed E-state index contributed by atoms with van der Waals surface area (Å²) in [7, 11) is -0.300. The first kappa shape index (κ1) is 25.2. The Kier molecular flexibility index (Phi) is 7.43. The van der Waals surface area contributed by atoms with Crippen molar-refractivity contribution in [2.45, 2.75) is 4.90 Å². The quantitative estimate of drug-likeness (QED) is 0.347. The number of benzene rings is 3. The Labute approximate surface area is 220 Å². The SMILES string of the molecule is COc1ccc(N=c2scc(-c3ccc(S(=O)(=O)N4CCOCC4)cc3)n2-c2ccc(OC)cc2)cc1. The van der Waals surface area contributed by atoms with Crippen LogP contribution in [-0.4, -0.2) is 57.8 Å². The maximum atomic E-state index is 13.1. The highest BCUT2D eigenvalue weighted by Gasteiger charge is 2.26. The van der Waals surface area contributed by atoms with Gasteiger partial charge in [0.2, 0.25) is 10.0 Å². The number of morpholine rings is 1. The van der Waals surface area contributed by atoms with Crippen LogP contribution in [0.25, 0.3) is 16.9 Å². The maximum absolute atomic E-state index is 13.1. The summed E-state index contributed by atoms with van der Waals surface area (Å²) in [6, 6.07) is 22.3. The van der Waals surface area contributed by atoms with Crippen LogP contribution < -0.4 is 14.3 Å². The van der Waals surface area contributed by atoms with E-state index in [1.807, 2.05) is 66.0 Å². The zero-order chi connectivity index (χ0) is 25.8. The third-order valence-corrected chi connectivity index (χ3v) is 8.83. The third kappa shape index (κ3) is 5.33. The molecule has 0 atom stereocenters. The van der Waals surface area contributed by atoms with Crippen LogP contribution >= 0.6 is 11.3 Å². The highest BCUT2D eigenvalue weighted by atomic mass is 32.2. The molecule has 0 bridgehead atoms. The number of aromatic nitrogens is 1. The lowest BCUT2D eigenvalue weighted by Crippen LogP contribution is -2.40. The molecule has 3 aromatic carbocycles. The smallest absolute Gasteiger partial charge is 0.243 e. The van der Waals surface area contributed by atoms with E-state index in [0.717, 1.165) is 38.9 Å². The van der Waals surface area contributed by atoms with E-state index in [0.29, 0.717) is 26.3 Å². The number of rotatable bonds is 7. The van der Waals surface area contributed by atoms with Crippen LogP contribution in [-0.2, 0) is 14.8 Å². The van der Waals surface area contributed by atoms with E-state index in [4.69, 9.17) is 19.2 Å². The molecular weight excluding hydrogens is 510 g/mol. The zero-order valence-electron chi connectivity index (χ0n) is 20.5. The summed E-state index contributed by atoms with van der Waals surface area (Å²) in [4.78, 5) is 5.92. The van der Waals surface area contributed by atoms with Crippen molar-refractivity contribution in [3.8, 4) is 28.4 Å². The minimum Gasteiger partial charge on any atom is -0.497 e. The van der Waals surface area contributed by atoms with E-state index in [2.05, 4.69) is 4.57 Å². The third-order valence-electron chi connectivity index (χ3n) is 6.09. The average molecular weight is 538 g/mol. The van der Waals surface area contributed by atoms with Gasteiger partial charge < -0.3 is 14.2 Å². The highest BCUT2D eigenvalue weighted by Crippen LogP contribution is 2.28. The monoisotopic (exact) mass is 537 g/mol. The number of thiazole rings is 1. The molecule has 8 nitrogen and oxygen atoms in total. The van der Waals surface area contributed by atoms with Gasteiger partial charge in [-0.05, 0) is 66.2 Å². The molecule has 1 aromatic heterocycles. The topological polar surface area (TPSA) is 82.4 Å². The second-order valence-corrected chi connectivity index (χ2v) is 11.1. The fourth-order valence-corrected chi connectivity index (χ4v) is 6.41. The van der Waals surface area contributed by atoms with Crippen LogP contribution in [0.4, 0.5) is 5.69 Å². The second kappa shape index (κ2) is 10.9.